The SMILES string of the molecule is COC(=O)C(Cc1ccc([N+](=O)[O-])cc1)N=C=O. The van der Waals surface area contributed by atoms with E-state index in [4.69, 9.17) is 0 Å². The Bertz CT molecular complexity index is 491. The Balaban J connectivity index is 2.84. The third-order valence-corrected chi connectivity index (χ3v) is 2.26. The second kappa shape index (κ2) is 6.27. The number of isocyanates is 1. The highest BCUT2D eigenvalue weighted by Crippen LogP contribution is 2.14. The molecule has 0 fully saturated rings. The first-order chi connectivity index (χ1) is 8.58. The van der Waals surface area contributed by atoms with E-state index in [0.29, 0.717) is 5.56 Å². The quantitative estimate of drug-likeness (QED) is 0.255. The average molecular weight is 250 g/mol. The molecule has 1 aromatic carbocycles. The summed E-state index contributed by atoms with van der Waals surface area (Å²) in [5, 5.41) is 10.5. The van der Waals surface area contributed by atoms with Gasteiger partial charge in [-0.1, -0.05) is 12.1 Å². The van der Waals surface area contributed by atoms with Gasteiger partial charge in [-0.05, 0) is 5.56 Å². The van der Waals surface area contributed by atoms with Gasteiger partial charge in [-0.3, -0.25) is 10.1 Å². The van der Waals surface area contributed by atoms with Crippen molar-refractivity contribution in [1.29, 1.82) is 0 Å². The summed E-state index contributed by atoms with van der Waals surface area (Å²) in [5.41, 5.74) is 0.585. The molecule has 1 rings (SSSR count). The minimum absolute atomic E-state index is 0.0488. The summed E-state index contributed by atoms with van der Waals surface area (Å²) in [5.74, 6) is -0.656. The van der Waals surface area contributed by atoms with Gasteiger partial charge in [0.2, 0.25) is 6.08 Å². The first-order valence-corrected chi connectivity index (χ1v) is 4.96. The highest BCUT2D eigenvalue weighted by atomic mass is 16.6. The molecule has 0 bridgehead atoms. The number of benzene rings is 1. The van der Waals surface area contributed by atoms with Gasteiger partial charge in [-0.15, -0.1) is 0 Å². The number of nitrogens with zero attached hydrogens (tertiary/aromatic N) is 2. The molecule has 0 aliphatic rings. The van der Waals surface area contributed by atoms with Crippen LogP contribution in [0, 0.1) is 10.1 Å². The van der Waals surface area contributed by atoms with Crippen LogP contribution >= 0.6 is 0 Å². The molecule has 0 spiro atoms. The Morgan fingerprint density at radius 1 is 1.50 bits per heavy atom. The van der Waals surface area contributed by atoms with E-state index < -0.39 is 16.9 Å². The van der Waals surface area contributed by atoms with Gasteiger partial charge >= 0.3 is 5.97 Å². The average Bonchev–Trinajstić information content (AvgIpc) is 2.38. The lowest BCUT2D eigenvalue weighted by atomic mass is 10.1. The Morgan fingerprint density at radius 3 is 2.56 bits per heavy atom. The van der Waals surface area contributed by atoms with Gasteiger partial charge < -0.3 is 4.74 Å². The maximum Gasteiger partial charge on any atom is 0.331 e. The molecule has 0 heterocycles. The second-order valence-corrected chi connectivity index (χ2v) is 3.39. The van der Waals surface area contributed by atoms with Gasteiger partial charge in [0.25, 0.3) is 5.69 Å². The standard InChI is InChI=1S/C11H10N2O5/c1-18-11(15)10(12-7-14)6-8-2-4-9(5-3-8)13(16)17/h2-5,10H,6H2,1H3. The second-order valence-electron chi connectivity index (χ2n) is 3.39. The zero-order chi connectivity index (χ0) is 13.5. The van der Waals surface area contributed by atoms with Crippen LogP contribution < -0.4 is 0 Å². The van der Waals surface area contributed by atoms with Crippen molar-refractivity contribution >= 4 is 17.7 Å². The molecule has 0 saturated carbocycles. The molecule has 18 heavy (non-hydrogen) atoms. The Morgan fingerprint density at radius 2 is 2.11 bits per heavy atom. The minimum atomic E-state index is -0.978. The van der Waals surface area contributed by atoms with Gasteiger partial charge in [0.1, 0.15) is 0 Å². The van der Waals surface area contributed by atoms with Crippen LogP contribution in [0.1, 0.15) is 5.56 Å². The molecule has 1 unspecified atom stereocenters. The monoisotopic (exact) mass is 250 g/mol. The van der Waals surface area contributed by atoms with Crippen LogP contribution in [0.5, 0.6) is 0 Å². The van der Waals surface area contributed by atoms with Crippen molar-refractivity contribution in [2.45, 2.75) is 12.5 Å². The first-order valence-electron chi connectivity index (χ1n) is 4.96. The molecule has 0 aliphatic heterocycles. The summed E-state index contributed by atoms with van der Waals surface area (Å²) in [6, 6.07) is 4.64. The fourth-order valence-electron chi connectivity index (χ4n) is 1.36. The van der Waals surface area contributed by atoms with Crippen molar-refractivity contribution in [1.82, 2.24) is 0 Å². The predicted molar refractivity (Wildman–Crippen MR) is 60.7 cm³/mol. The van der Waals surface area contributed by atoms with Crippen LogP contribution in [0.15, 0.2) is 29.3 Å². The minimum Gasteiger partial charge on any atom is -0.467 e. The number of esters is 1. The maximum atomic E-state index is 11.3. The molecule has 1 atom stereocenters. The number of nitro groups is 1. The molecule has 0 radical (unpaired) electrons. The van der Waals surface area contributed by atoms with Gasteiger partial charge in [-0.2, -0.15) is 4.99 Å². The van der Waals surface area contributed by atoms with Crippen LogP contribution in [0.2, 0.25) is 0 Å². The number of carbonyl (C=O) groups excluding carboxylic acids is 2. The number of hydrogen-bond acceptors (Lipinski definition) is 6. The van der Waals surface area contributed by atoms with Crippen molar-refractivity contribution in [2.75, 3.05) is 7.11 Å². The number of aliphatic imine (C=N–C) groups is 1. The zero-order valence-corrected chi connectivity index (χ0v) is 9.53. The smallest absolute Gasteiger partial charge is 0.331 e. The first kappa shape index (κ1) is 13.5. The molecule has 94 valence electrons. The van der Waals surface area contributed by atoms with E-state index in [0.717, 1.165) is 0 Å². The molecule has 1 aromatic rings. The topological polar surface area (TPSA) is 98.9 Å². The van der Waals surface area contributed by atoms with E-state index in [-0.39, 0.29) is 12.1 Å². The number of hydrogen-bond donors (Lipinski definition) is 0. The molecule has 7 heteroatoms. The molecular formula is C11H10N2O5. The van der Waals surface area contributed by atoms with Crippen LogP contribution in [0.4, 0.5) is 5.69 Å². The molecular weight excluding hydrogens is 240 g/mol. The summed E-state index contributed by atoms with van der Waals surface area (Å²) in [6.45, 7) is 0. The molecule has 7 nitrogen and oxygen atoms in total. The van der Waals surface area contributed by atoms with Crippen LogP contribution in [-0.2, 0) is 20.7 Å². The third-order valence-electron chi connectivity index (χ3n) is 2.26. The number of methoxy groups -OCH3 is 1. The zero-order valence-electron chi connectivity index (χ0n) is 9.53. The van der Waals surface area contributed by atoms with Crippen molar-refractivity contribution < 1.29 is 19.2 Å². The van der Waals surface area contributed by atoms with E-state index in [1.807, 2.05) is 0 Å². The molecule has 0 amide bonds. The van der Waals surface area contributed by atoms with E-state index in [2.05, 4.69) is 9.73 Å². The van der Waals surface area contributed by atoms with Crippen LogP contribution in [0.3, 0.4) is 0 Å². The molecule has 0 saturated heterocycles. The lowest BCUT2D eigenvalue weighted by molar-refractivity contribution is -0.384. The van der Waals surface area contributed by atoms with E-state index in [9.17, 15) is 19.7 Å². The molecule has 0 aliphatic carbocycles. The van der Waals surface area contributed by atoms with E-state index in [1.165, 1.54) is 37.5 Å². The molecule has 0 N–H and O–H groups in total. The van der Waals surface area contributed by atoms with Crippen molar-refractivity contribution in [2.24, 2.45) is 4.99 Å². The van der Waals surface area contributed by atoms with Crippen molar-refractivity contribution in [3.8, 4) is 0 Å². The Labute approximate surface area is 102 Å². The summed E-state index contributed by atoms with van der Waals surface area (Å²) in [7, 11) is 1.19. The van der Waals surface area contributed by atoms with E-state index in [1.54, 1.807) is 0 Å². The normalized spacial score (nSPS) is 11.2. The summed E-state index contributed by atoms with van der Waals surface area (Å²) in [4.78, 5) is 34.7. The fourth-order valence-corrected chi connectivity index (χ4v) is 1.36. The Kier molecular flexibility index (Phi) is 4.71. The predicted octanol–water partition coefficient (Wildman–Crippen LogP) is 1.01. The van der Waals surface area contributed by atoms with Crippen LogP contribution in [-0.4, -0.2) is 30.1 Å². The lowest BCUT2D eigenvalue weighted by Gasteiger charge is -2.07. The largest absolute Gasteiger partial charge is 0.467 e. The number of non-ortho nitro benzene ring substituents is 1. The lowest BCUT2D eigenvalue weighted by Crippen LogP contribution is -2.22. The van der Waals surface area contributed by atoms with Gasteiger partial charge in [0.05, 0.1) is 12.0 Å². The third kappa shape index (κ3) is 3.50. The highest BCUT2D eigenvalue weighted by Gasteiger charge is 2.19. The summed E-state index contributed by atoms with van der Waals surface area (Å²) in [6.07, 6.45) is 1.42. The van der Waals surface area contributed by atoms with E-state index >= 15 is 0 Å². The number of nitro benzene ring substituents is 1. The summed E-state index contributed by atoms with van der Waals surface area (Å²) < 4.78 is 4.48. The van der Waals surface area contributed by atoms with Crippen molar-refractivity contribution in [3.05, 3.63) is 39.9 Å². The van der Waals surface area contributed by atoms with Crippen molar-refractivity contribution in [3.63, 3.8) is 0 Å². The number of carbonyl (C=O) groups is 1. The van der Waals surface area contributed by atoms with Gasteiger partial charge in [-0.25, -0.2) is 9.59 Å². The highest BCUT2D eigenvalue weighted by molar-refractivity contribution is 5.77. The van der Waals surface area contributed by atoms with Gasteiger partial charge in [0.15, 0.2) is 6.04 Å². The fraction of sp³-hybridized carbons (Fsp3) is 0.273. The number of rotatable bonds is 5. The van der Waals surface area contributed by atoms with Crippen LogP contribution in [0.25, 0.3) is 0 Å². The maximum absolute atomic E-state index is 11.3. The summed E-state index contributed by atoms with van der Waals surface area (Å²) >= 11 is 0. The van der Waals surface area contributed by atoms with Gasteiger partial charge in [0, 0.05) is 18.6 Å². The Hall–Kier alpha value is -2.53. The molecule has 0 aromatic heterocycles. The number of ether oxygens (including phenoxy) is 1.